The van der Waals surface area contributed by atoms with E-state index in [0.717, 1.165) is 16.7 Å². The molecule has 2 rings (SSSR count). The first-order valence-electron chi connectivity index (χ1n) is 5.93. The summed E-state index contributed by atoms with van der Waals surface area (Å²) in [6, 6.07) is 12.6. The van der Waals surface area contributed by atoms with Gasteiger partial charge in [-0.1, -0.05) is 37.3 Å². The van der Waals surface area contributed by atoms with Crippen molar-refractivity contribution in [3.05, 3.63) is 59.2 Å². The lowest BCUT2D eigenvalue weighted by Gasteiger charge is -2.17. The summed E-state index contributed by atoms with van der Waals surface area (Å²) in [7, 11) is 0. The first-order valence-corrected chi connectivity index (χ1v) is 5.93. The largest absolute Gasteiger partial charge is 0.508 e. The van der Waals surface area contributed by atoms with Crippen molar-refractivity contribution in [3.63, 3.8) is 0 Å². The van der Waals surface area contributed by atoms with Gasteiger partial charge < -0.3 is 15.9 Å². The number of hydrogen-bond donors (Lipinski definition) is 3. The molecule has 0 amide bonds. The molecule has 18 heavy (non-hydrogen) atoms. The maximum Gasteiger partial charge on any atom is 0.123 e. The van der Waals surface area contributed by atoms with Crippen molar-refractivity contribution in [2.75, 3.05) is 0 Å². The molecule has 3 nitrogen and oxygen atoms in total. The summed E-state index contributed by atoms with van der Waals surface area (Å²) in [6.07, 6.45) is 0. The Bertz CT molecular complexity index is 552. The molecule has 0 aliphatic heterocycles. The van der Waals surface area contributed by atoms with Crippen LogP contribution in [0.2, 0.25) is 0 Å². The molecule has 2 aromatic carbocycles. The Hall–Kier alpha value is -2.00. The van der Waals surface area contributed by atoms with Crippen molar-refractivity contribution in [2.45, 2.75) is 19.4 Å². The van der Waals surface area contributed by atoms with Crippen molar-refractivity contribution in [3.8, 4) is 11.5 Å². The standard InChI is InChI=1S/C15H17NO2/c1-10(13-5-3-2-4-11(13)9-16)14-7-6-12(17)8-15(14)18/h2-8,10,17-18H,9,16H2,1H3. The monoisotopic (exact) mass is 243 g/mol. The number of hydrogen-bond acceptors (Lipinski definition) is 3. The van der Waals surface area contributed by atoms with Crippen molar-refractivity contribution in [1.29, 1.82) is 0 Å². The summed E-state index contributed by atoms with van der Waals surface area (Å²) in [5.41, 5.74) is 8.68. The van der Waals surface area contributed by atoms with Crippen LogP contribution in [0.15, 0.2) is 42.5 Å². The molecule has 0 bridgehead atoms. The molecule has 0 saturated carbocycles. The minimum absolute atomic E-state index is 0.0327. The zero-order valence-corrected chi connectivity index (χ0v) is 10.3. The number of benzene rings is 2. The van der Waals surface area contributed by atoms with Crippen LogP contribution < -0.4 is 5.73 Å². The molecule has 0 radical (unpaired) electrons. The fourth-order valence-corrected chi connectivity index (χ4v) is 2.21. The topological polar surface area (TPSA) is 66.5 Å². The third-order valence-electron chi connectivity index (χ3n) is 3.22. The molecular formula is C15H17NO2. The third kappa shape index (κ3) is 2.31. The molecular weight excluding hydrogens is 226 g/mol. The molecule has 0 saturated heterocycles. The zero-order valence-electron chi connectivity index (χ0n) is 10.3. The van der Waals surface area contributed by atoms with Crippen LogP contribution in [-0.4, -0.2) is 10.2 Å². The molecule has 2 aromatic rings. The maximum atomic E-state index is 9.90. The highest BCUT2D eigenvalue weighted by Crippen LogP contribution is 2.34. The van der Waals surface area contributed by atoms with E-state index in [2.05, 4.69) is 0 Å². The van der Waals surface area contributed by atoms with E-state index in [9.17, 15) is 10.2 Å². The Morgan fingerprint density at radius 3 is 2.44 bits per heavy atom. The average Bonchev–Trinajstić information content (AvgIpc) is 2.38. The predicted octanol–water partition coefficient (Wildman–Crippen LogP) is 2.71. The lowest BCUT2D eigenvalue weighted by atomic mass is 9.89. The van der Waals surface area contributed by atoms with E-state index in [4.69, 9.17) is 5.73 Å². The van der Waals surface area contributed by atoms with Crippen LogP contribution in [-0.2, 0) is 6.54 Å². The fourth-order valence-electron chi connectivity index (χ4n) is 2.21. The molecule has 0 aliphatic carbocycles. The minimum atomic E-state index is 0.0327. The molecule has 0 heterocycles. The van der Waals surface area contributed by atoms with Gasteiger partial charge in [0.25, 0.3) is 0 Å². The van der Waals surface area contributed by atoms with Crippen molar-refractivity contribution in [1.82, 2.24) is 0 Å². The Labute approximate surface area is 107 Å². The van der Waals surface area contributed by atoms with Gasteiger partial charge in [-0.05, 0) is 17.2 Å². The molecule has 1 unspecified atom stereocenters. The quantitative estimate of drug-likeness (QED) is 0.776. The van der Waals surface area contributed by atoms with Crippen LogP contribution in [0.3, 0.4) is 0 Å². The summed E-state index contributed by atoms with van der Waals surface area (Å²) < 4.78 is 0. The van der Waals surface area contributed by atoms with Crippen LogP contribution in [0, 0.1) is 0 Å². The average molecular weight is 243 g/mol. The Morgan fingerprint density at radius 2 is 1.78 bits per heavy atom. The Balaban J connectivity index is 2.44. The van der Waals surface area contributed by atoms with Crippen LogP contribution in [0.4, 0.5) is 0 Å². The number of phenolic OH excluding ortho intramolecular Hbond substituents is 2. The zero-order chi connectivity index (χ0) is 13.1. The van der Waals surface area contributed by atoms with Crippen LogP contribution >= 0.6 is 0 Å². The molecule has 1 atom stereocenters. The van der Waals surface area contributed by atoms with Gasteiger partial charge in [-0.15, -0.1) is 0 Å². The summed E-state index contributed by atoms with van der Waals surface area (Å²) in [5, 5.41) is 19.2. The van der Waals surface area contributed by atoms with Gasteiger partial charge in [0.2, 0.25) is 0 Å². The van der Waals surface area contributed by atoms with Gasteiger partial charge >= 0.3 is 0 Å². The van der Waals surface area contributed by atoms with E-state index >= 15 is 0 Å². The molecule has 0 aromatic heterocycles. The number of phenols is 2. The summed E-state index contributed by atoms with van der Waals surface area (Å²) >= 11 is 0. The van der Waals surface area contributed by atoms with Gasteiger partial charge in [0, 0.05) is 24.1 Å². The van der Waals surface area contributed by atoms with Gasteiger partial charge in [0.15, 0.2) is 0 Å². The smallest absolute Gasteiger partial charge is 0.123 e. The van der Waals surface area contributed by atoms with E-state index in [1.54, 1.807) is 12.1 Å². The molecule has 0 aliphatic rings. The SMILES string of the molecule is CC(c1ccc(O)cc1O)c1ccccc1CN. The molecule has 0 fully saturated rings. The van der Waals surface area contributed by atoms with Crippen LogP contribution in [0.1, 0.15) is 29.5 Å². The fraction of sp³-hybridized carbons (Fsp3) is 0.200. The summed E-state index contributed by atoms with van der Waals surface area (Å²) in [4.78, 5) is 0. The third-order valence-corrected chi connectivity index (χ3v) is 3.22. The Morgan fingerprint density at radius 1 is 1.06 bits per heavy atom. The van der Waals surface area contributed by atoms with E-state index in [-0.39, 0.29) is 17.4 Å². The maximum absolute atomic E-state index is 9.90. The highest BCUT2D eigenvalue weighted by Gasteiger charge is 2.15. The second kappa shape index (κ2) is 5.10. The highest BCUT2D eigenvalue weighted by atomic mass is 16.3. The molecule has 4 N–H and O–H groups in total. The lowest BCUT2D eigenvalue weighted by Crippen LogP contribution is -2.05. The van der Waals surface area contributed by atoms with Gasteiger partial charge in [0.1, 0.15) is 11.5 Å². The first-order chi connectivity index (χ1) is 8.63. The number of aromatic hydroxyl groups is 2. The second-order valence-electron chi connectivity index (χ2n) is 4.37. The molecule has 3 heteroatoms. The normalized spacial score (nSPS) is 12.3. The van der Waals surface area contributed by atoms with Gasteiger partial charge in [0.05, 0.1) is 0 Å². The Kier molecular flexibility index (Phi) is 3.53. The first kappa shape index (κ1) is 12.5. The predicted molar refractivity (Wildman–Crippen MR) is 71.6 cm³/mol. The minimum Gasteiger partial charge on any atom is -0.508 e. The number of nitrogens with two attached hydrogens (primary N) is 1. The van der Waals surface area contributed by atoms with Gasteiger partial charge in [-0.2, -0.15) is 0 Å². The van der Waals surface area contributed by atoms with E-state index in [0.29, 0.717) is 6.54 Å². The summed E-state index contributed by atoms with van der Waals surface area (Å²) in [5.74, 6) is 0.204. The highest BCUT2D eigenvalue weighted by molar-refractivity contribution is 5.46. The van der Waals surface area contributed by atoms with E-state index in [1.807, 2.05) is 31.2 Å². The van der Waals surface area contributed by atoms with Crippen LogP contribution in [0.25, 0.3) is 0 Å². The van der Waals surface area contributed by atoms with Crippen molar-refractivity contribution >= 4 is 0 Å². The van der Waals surface area contributed by atoms with Gasteiger partial charge in [-0.25, -0.2) is 0 Å². The van der Waals surface area contributed by atoms with E-state index in [1.165, 1.54) is 6.07 Å². The van der Waals surface area contributed by atoms with Crippen molar-refractivity contribution in [2.24, 2.45) is 5.73 Å². The summed E-state index contributed by atoms with van der Waals surface area (Å²) in [6.45, 7) is 2.49. The molecule has 0 spiro atoms. The second-order valence-corrected chi connectivity index (χ2v) is 4.37. The lowest BCUT2D eigenvalue weighted by molar-refractivity contribution is 0.444. The van der Waals surface area contributed by atoms with Crippen molar-refractivity contribution < 1.29 is 10.2 Å². The van der Waals surface area contributed by atoms with Crippen LogP contribution in [0.5, 0.6) is 11.5 Å². The molecule has 94 valence electrons. The van der Waals surface area contributed by atoms with Gasteiger partial charge in [-0.3, -0.25) is 0 Å². The van der Waals surface area contributed by atoms with E-state index < -0.39 is 0 Å². The number of rotatable bonds is 3.